The van der Waals surface area contributed by atoms with Gasteiger partial charge in [-0.05, 0) is 52.5 Å². The van der Waals surface area contributed by atoms with Crippen LogP contribution in [0.25, 0.3) is 10.9 Å². The molecule has 0 saturated carbocycles. The lowest BCUT2D eigenvalue weighted by atomic mass is 10.1. The Bertz CT molecular complexity index is 628. The number of benzene rings is 1. The van der Waals surface area contributed by atoms with Crippen LogP contribution in [0.5, 0.6) is 0 Å². The van der Waals surface area contributed by atoms with Crippen molar-refractivity contribution in [3.05, 3.63) is 35.5 Å². The molecular formula is C17H25N3O. The van der Waals surface area contributed by atoms with E-state index in [1.54, 1.807) is 0 Å². The number of rotatable bonds is 6. The SMILES string of the molecule is CCn1c(C(=O)NCCCN(C)C)c(C)c2ccccc21. The van der Waals surface area contributed by atoms with E-state index in [4.69, 9.17) is 0 Å². The van der Waals surface area contributed by atoms with E-state index in [9.17, 15) is 4.79 Å². The van der Waals surface area contributed by atoms with Gasteiger partial charge in [-0.15, -0.1) is 0 Å². The molecule has 0 unspecified atom stereocenters. The van der Waals surface area contributed by atoms with Crippen LogP contribution in [-0.4, -0.2) is 42.6 Å². The fourth-order valence-corrected chi connectivity index (χ4v) is 2.78. The number of fused-ring (bicyclic) bond motifs is 1. The zero-order valence-corrected chi connectivity index (χ0v) is 13.4. The average Bonchev–Trinajstić information content (AvgIpc) is 2.76. The van der Waals surface area contributed by atoms with Crippen molar-refractivity contribution in [1.82, 2.24) is 14.8 Å². The van der Waals surface area contributed by atoms with Gasteiger partial charge >= 0.3 is 0 Å². The molecule has 4 heteroatoms. The maximum atomic E-state index is 12.5. The third kappa shape index (κ3) is 3.27. The van der Waals surface area contributed by atoms with Crippen molar-refractivity contribution in [1.29, 1.82) is 0 Å². The maximum absolute atomic E-state index is 12.5. The average molecular weight is 287 g/mol. The lowest BCUT2D eigenvalue weighted by Gasteiger charge is -2.12. The quantitative estimate of drug-likeness (QED) is 0.829. The summed E-state index contributed by atoms with van der Waals surface area (Å²) < 4.78 is 2.10. The van der Waals surface area contributed by atoms with Gasteiger partial charge in [0.2, 0.25) is 0 Å². The zero-order chi connectivity index (χ0) is 15.4. The number of hydrogen-bond acceptors (Lipinski definition) is 2. The Morgan fingerprint density at radius 3 is 2.67 bits per heavy atom. The first-order valence-corrected chi connectivity index (χ1v) is 7.57. The van der Waals surface area contributed by atoms with E-state index in [0.717, 1.165) is 41.7 Å². The minimum absolute atomic E-state index is 0.0318. The van der Waals surface area contributed by atoms with E-state index in [0.29, 0.717) is 6.54 Å². The molecule has 0 aliphatic carbocycles. The summed E-state index contributed by atoms with van der Waals surface area (Å²) in [5.74, 6) is 0.0318. The second kappa shape index (κ2) is 6.76. The van der Waals surface area contributed by atoms with Crippen LogP contribution < -0.4 is 5.32 Å². The first-order chi connectivity index (χ1) is 10.1. The molecule has 0 saturated heterocycles. The van der Waals surface area contributed by atoms with Crippen LogP contribution in [0.15, 0.2) is 24.3 Å². The summed E-state index contributed by atoms with van der Waals surface area (Å²) in [6, 6.07) is 8.20. The molecule has 4 nitrogen and oxygen atoms in total. The zero-order valence-electron chi connectivity index (χ0n) is 13.4. The second-order valence-electron chi connectivity index (χ2n) is 5.65. The van der Waals surface area contributed by atoms with Gasteiger partial charge in [0.15, 0.2) is 0 Å². The van der Waals surface area contributed by atoms with Crippen molar-refractivity contribution in [2.24, 2.45) is 0 Å². The van der Waals surface area contributed by atoms with Gasteiger partial charge in [0.05, 0.1) is 0 Å². The molecule has 0 atom stereocenters. The fourth-order valence-electron chi connectivity index (χ4n) is 2.78. The van der Waals surface area contributed by atoms with Crippen molar-refractivity contribution in [3.8, 4) is 0 Å². The minimum atomic E-state index is 0.0318. The Kier molecular flexibility index (Phi) is 5.02. The predicted molar refractivity (Wildman–Crippen MR) is 87.9 cm³/mol. The van der Waals surface area contributed by atoms with Crippen molar-refractivity contribution >= 4 is 16.8 Å². The molecule has 1 N–H and O–H groups in total. The number of amides is 1. The van der Waals surface area contributed by atoms with E-state index in [1.165, 1.54) is 0 Å². The lowest BCUT2D eigenvalue weighted by Crippen LogP contribution is -2.29. The van der Waals surface area contributed by atoms with Crippen LogP contribution in [0.3, 0.4) is 0 Å². The number of para-hydroxylation sites is 1. The molecule has 21 heavy (non-hydrogen) atoms. The number of carbonyl (C=O) groups excluding carboxylic acids is 1. The summed E-state index contributed by atoms with van der Waals surface area (Å²) in [5, 5.41) is 4.21. The summed E-state index contributed by atoms with van der Waals surface area (Å²) in [7, 11) is 4.09. The number of nitrogens with zero attached hydrogens (tertiary/aromatic N) is 2. The van der Waals surface area contributed by atoms with Crippen LogP contribution in [0.4, 0.5) is 0 Å². The second-order valence-corrected chi connectivity index (χ2v) is 5.65. The summed E-state index contributed by atoms with van der Waals surface area (Å²) in [6.07, 6.45) is 0.962. The number of carbonyl (C=O) groups is 1. The molecule has 0 fully saturated rings. The Labute approximate surface area is 126 Å². The summed E-state index contributed by atoms with van der Waals surface area (Å²) >= 11 is 0. The highest BCUT2D eigenvalue weighted by Gasteiger charge is 2.18. The first kappa shape index (κ1) is 15.6. The highest BCUT2D eigenvalue weighted by Crippen LogP contribution is 2.25. The molecule has 0 aliphatic rings. The van der Waals surface area contributed by atoms with Gasteiger partial charge in [-0.2, -0.15) is 0 Å². The highest BCUT2D eigenvalue weighted by atomic mass is 16.1. The van der Waals surface area contributed by atoms with Gasteiger partial charge in [0.25, 0.3) is 5.91 Å². The Morgan fingerprint density at radius 1 is 1.29 bits per heavy atom. The van der Waals surface area contributed by atoms with Gasteiger partial charge in [-0.1, -0.05) is 18.2 Å². The smallest absolute Gasteiger partial charge is 0.268 e. The van der Waals surface area contributed by atoms with E-state index in [-0.39, 0.29) is 5.91 Å². The van der Waals surface area contributed by atoms with E-state index in [1.807, 2.05) is 33.2 Å². The summed E-state index contributed by atoms with van der Waals surface area (Å²) in [4.78, 5) is 14.6. The number of aryl methyl sites for hydroxylation is 2. The monoisotopic (exact) mass is 287 g/mol. The third-order valence-electron chi connectivity index (χ3n) is 3.82. The molecule has 0 spiro atoms. The van der Waals surface area contributed by atoms with E-state index in [2.05, 4.69) is 33.8 Å². The van der Waals surface area contributed by atoms with Crippen LogP contribution >= 0.6 is 0 Å². The van der Waals surface area contributed by atoms with Crippen LogP contribution in [-0.2, 0) is 6.54 Å². The molecule has 2 aromatic rings. The Hall–Kier alpha value is -1.81. The largest absolute Gasteiger partial charge is 0.351 e. The van der Waals surface area contributed by atoms with Crippen molar-refractivity contribution in [2.75, 3.05) is 27.2 Å². The highest BCUT2D eigenvalue weighted by molar-refractivity contribution is 6.01. The third-order valence-corrected chi connectivity index (χ3v) is 3.82. The molecule has 1 aromatic heterocycles. The van der Waals surface area contributed by atoms with Gasteiger partial charge < -0.3 is 14.8 Å². The van der Waals surface area contributed by atoms with Crippen molar-refractivity contribution in [3.63, 3.8) is 0 Å². The topological polar surface area (TPSA) is 37.3 Å². The normalized spacial score (nSPS) is 11.3. The Balaban J connectivity index is 2.20. The van der Waals surface area contributed by atoms with Gasteiger partial charge in [-0.25, -0.2) is 0 Å². The summed E-state index contributed by atoms with van der Waals surface area (Å²) in [5.41, 5.74) is 3.00. The number of nitrogens with one attached hydrogen (secondary N) is 1. The molecule has 1 amide bonds. The van der Waals surface area contributed by atoms with Gasteiger partial charge in [-0.3, -0.25) is 4.79 Å². The molecule has 114 valence electrons. The molecule has 2 rings (SSSR count). The van der Waals surface area contributed by atoms with Gasteiger partial charge in [0, 0.05) is 24.0 Å². The number of hydrogen-bond donors (Lipinski definition) is 1. The van der Waals surface area contributed by atoms with E-state index >= 15 is 0 Å². The van der Waals surface area contributed by atoms with Gasteiger partial charge in [0.1, 0.15) is 5.69 Å². The standard InChI is InChI=1S/C17H25N3O/c1-5-20-15-10-7-6-9-14(15)13(2)16(20)17(21)18-11-8-12-19(3)4/h6-7,9-10H,5,8,11-12H2,1-4H3,(H,18,21). The molecule has 0 radical (unpaired) electrons. The molecule has 0 aliphatic heterocycles. The first-order valence-electron chi connectivity index (χ1n) is 7.57. The van der Waals surface area contributed by atoms with Crippen LogP contribution in [0.1, 0.15) is 29.4 Å². The summed E-state index contributed by atoms with van der Waals surface area (Å²) in [6.45, 7) is 6.60. The van der Waals surface area contributed by atoms with E-state index < -0.39 is 0 Å². The minimum Gasteiger partial charge on any atom is -0.351 e. The van der Waals surface area contributed by atoms with Crippen molar-refractivity contribution < 1.29 is 4.79 Å². The van der Waals surface area contributed by atoms with Crippen LogP contribution in [0.2, 0.25) is 0 Å². The van der Waals surface area contributed by atoms with Crippen LogP contribution in [0, 0.1) is 6.92 Å². The maximum Gasteiger partial charge on any atom is 0.268 e. The fraction of sp³-hybridized carbons (Fsp3) is 0.471. The molecule has 1 heterocycles. The predicted octanol–water partition coefficient (Wildman–Crippen LogP) is 2.65. The van der Waals surface area contributed by atoms with Crippen molar-refractivity contribution in [2.45, 2.75) is 26.8 Å². The number of aromatic nitrogens is 1. The lowest BCUT2D eigenvalue weighted by molar-refractivity contribution is 0.0943. The molecule has 1 aromatic carbocycles. The molecule has 0 bridgehead atoms. The molecular weight excluding hydrogens is 262 g/mol. The Morgan fingerprint density at radius 2 is 2.00 bits per heavy atom.